The van der Waals surface area contributed by atoms with Crippen molar-refractivity contribution >= 4 is 56.1 Å². The maximum atomic E-state index is 5.11. The van der Waals surface area contributed by atoms with Crippen LogP contribution >= 0.6 is 22.7 Å². The van der Waals surface area contributed by atoms with Gasteiger partial charge in [0.1, 0.15) is 0 Å². The van der Waals surface area contributed by atoms with Gasteiger partial charge in [0.15, 0.2) is 17.5 Å². The third kappa shape index (κ3) is 5.39. The smallest absolute Gasteiger partial charge is 0.164 e. The van der Waals surface area contributed by atoms with E-state index in [1.54, 1.807) is 22.7 Å². The summed E-state index contributed by atoms with van der Waals surface area (Å²) in [6.07, 6.45) is 0. The molecule has 222 valence electrons. The predicted molar refractivity (Wildman–Crippen MR) is 201 cm³/mol. The number of thiophene rings is 2. The van der Waals surface area contributed by atoms with E-state index >= 15 is 0 Å². The summed E-state index contributed by atoms with van der Waals surface area (Å²) in [5.41, 5.74) is 7.73. The van der Waals surface area contributed by atoms with Crippen molar-refractivity contribution in [2.75, 3.05) is 0 Å². The Kier molecular flexibility index (Phi) is 7.21. The first-order valence-corrected chi connectivity index (χ1v) is 20.7. The highest BCUT2D eigenvalue weighted by molar-refractivity contribution is 7.17. The molecule has 3 nitrogen and oxygen atoms in total. The van der Waals surface area contributed by atoms with Crippen LogP contribution in [0.3, 0.4) is 0 Å². The van der Waals surface area contributed by atoms with Gasteiger partial charge in [0.25, 0.3) is 0 Å². The molecule has 0 aliphatic carbocycles. The van der Waals surface area contributed by atoms with Crippen molar-refractivity contribution in [3.63, 3.8) is 0 Å². The zero-order valence-corrected chi connectivity index (χ0v) is 28.5. The van der Waals surface area contributed by atoms with Crippen molar-refractivity contribution in [2.45, 2.75) is 19.6 Å². The van der Waals surface area contributed by atoms with Crippen LogP contribution in [-0.4, -0.2) is 23.0 Å². The summed E-state index contributed by atoms with van der Waals surface area (Å²) in [5.74, 6) is 2.04. The summed E-state index contributed by atoms with van der Waals surface area (Å²) < 4.78 is 2.44. The van der Waals surface area contributed by atoms with E-state index < -0.39 is 8.07 Å². The van der Waals surface area contributed by atoms with E-state index in [1.807, 2.05) is 0 Å². The Hall–Kier alpha value is -4.75. The van der Waals surface area contributed by atoms with Crippen molar-refractivity contribution in [3.05, 3.63) is 132 Å². The standard InChI is InChI=1S/C40H31N3S2Si/c1-46(2,3)31-18-16-26(17-19-31)27-8-4-9-28(24-27)29-10-5-11-30(25-29)38-41-39(34-12-6-14-36-32(34)20-22-44-36)43-40(42-38)35-13-7-15-37-33(35)21-23-45-37/h4-25H,1-3H3. The van der Waals surface area contributed by atoms with Gasteiger partial charge in [0.2, 0.25) is 0 Å². The summed E-state index contributed by atoms with van der Waals surface area (Å²) in [6.45, 7) is 7.16. The molecule has 5 aromatic carbocycles. The lowest BCUT2D eigenvalue weighted by molar-refractivity contribution is 1.08. The predicted octanol–water partition coefficient (Wildman–Crippen LogP) is 11.2. The van der Waals surface area contributed by atoms with E-state index in [1.165, 1.54) is 25.7 Å². The second-order valence-electron chi connectivity index (χ2n) is 12.6. The topological polar surface area (TPSA) is 38.7 Å². The van der Waals surface area contributed by atoms with Crippen LogP contribution < -0.4 is 5.19 Å². The Labute approximate surface area is 277 Å². The molecule has 0 aliphatic heterocycles. The number of hydrogen-bond acceptors (Lipinski definition) is 5. The number of benzene rings is 5. The summed E-state index contributed by atoms with van der Waals surface area (Å²) in [7, 11) is -1.35. The fraction of sp³-hybridized carbons (Fsp3) is 0.0750. The molecule has 3 aromatic heterocycles. The molecule has 0 spiro atoms. The quantitative estimate of drug-likeness (QED) is 0.169. The van der Waals surface area contributed by atoms with Gasteiger partial charge in [-0.15, -0.1) is 22.7 Å². The van der Waals surface area contributed by atoms with Gasteiger partial charge in [-0.2, -0.15) is 0 Å². The Bertz CT molecular complexity index is 2270. The maximum absolute atomic E-state index is 5.11. The fourth-order valence-corrected chi connectivity index (χ4v) is 8.80. The second kappa shape index (κ2) is 11.6. The summed E-state index contributed by atoms with van der Waals surface area (Å²) in [5, 5.41) is 8.05. The van der Waals surface area contributed by atoms with Gasteiger partial charge in [-0.1, -0.05) is 110 Å². The minimum Gasteiger partial charge on any atom is -0.208 e. The van der Waals surface area contributed by atoms with E-state index in [0.717, 1.165) is 38.6 Å². The average molecular weight is 646 g/mol. The molecule has 46 heavy (non-hydrogen) atoms. The number of rotatable bonds is 6. The average Bonchev–Trinajstić information content (AvgIpc) is 3.78. The van der Waals surface area contributed by atoms with E-state index in [4.69, 9.17) is 15.0 Å². The first-order chi connectivity index (χ1) is 22.4. The van der Waals surface area contributed by atoms with Gasteiger partial charge in [0, 0.05) is 36.9 Å². The molecule has 0 atom stereocenters. The lowest BCUT2D eigenvalue weighted by Gasteiger charge is -2.17. The molecule has 0 saturated carbocycles. The van der Waals surface area contributed by atoms with Crippen LogP contribution in [0.5, 0.6) is 0 Å². The highest BCUT2D eigenvalue weighted by atomic mass is 32.1. The molecule has 0 amide bonds. The molecule has 8 rings (SSSR count). The lowest BCUT2D eigenvalue weighted by atomic mass is 9.98. The zero-order valence-electron chi connectivity index (χ0n) is 25.9. The van der Waals surface area contributed by atoms with Crippen LogP contribution in [-0.2, 0) is 0 Å². The molecular weight excluding hydrogens is 615 g/mol. The van der Waals surface area contributed by atoms with E-state index in [-0.39, 0.29) is 0 Å². The molecule has 3 heterocycles. The summed E-state index contributed by atoms with van der Waals surface area (Å²) >= 11 is 3.47. The third-order valence-electron chi connectivity index (χ3n) is 8.51. The van der Waals surface area contributed by atoms with Gasteiger partial charge in [-0.3, -0.25) is 0 Å². The molecule has 0 bridgehead atoms. The fourth-order valence-electron chi connectivity index (χ4n) is 6.00. The van der Waals surface area contributed by atoms with Gasteiger partial charge in [-0.05, 0) is 69.4 Å². The van der Waals surface area contributed by atoms with Gasteiger partial charge >= 0.3 is 0 Å². The minimum absolute atomic E-state index is 0.666. The number of hydrogen-bond donors (Lipinski definition) is 0. The normalized spacial score (nSPS) is 11.8. The lowest BCUT2D eigenvalue weighted by Crippen LogP contribution is -2.37. The molecule has 0 saturated heterocycles. The van der Waals surface area contributed by atoms with E-state index in [2.05, 4.69) is 152 Å². The van der Waals surface area contributed by atoms with Crippen LogP contribution in [0, 0.1) is 0 Å². The van der Waals surface area contributed by atoms with Crippen molar-refractivity contribution in [1.82, 2.24) is 15.0 Å². The van der Waals surface area contributed by atoms with Crippen LogP contribution in [0.25, 0.3) is 76.6 Å². The van der Waals surface area contributed by atoms with Crippen LogP contribution in [0.15, 0.2) is 132 Å². The number of fused-ring (bicyclic) bond motifs is 2. The summed E-state index contributed by atoms with van der Waals surface area (Å²) in [4.78, 5) is 15.3. The third-order valence-corrected chi connectivity index (χ3v) is 12.3. The van der Waals surface area contributed by atoms with E-state index in [0.29, 0.717) is 17.5 Å². The largest absolute Gasteiger partial charge is 0.208 e. The molecular formula is C40H31N3S2Si. The van der Waals surface area contributed by atoms with Crippen LogP contribution in [0.2, 0.25) is 19.6 Å². The van der Waals surface area contributed by atoms with Gasteiger partial charge < -0.3 is 0 Å². The maximum Gasteiger partial charge on any atom is 0.164 e. The molecule has 0 aliphatic rings. The van der Waals surface area contributed by atoms with Crippen LogP contribution in [0.4, 0.5) is 0 Å². The first-order valence-electron chi connectivity index (χ1n) is 15.4. The Morgan fingerprint density at radius 3 is 1.43 bits per heavy atom. The molecule has 0 fully saturated rings. The number of aromatic nitrogens is 3. The monoisotopic (exact) mass is 645 g/mol. The molecule has 0 N–H and O–H groups in total. The van der Waals surface area contributed by atoms with E-state index in [9.17, 15) is 0 Å². The summed E-state index contributed by atoms with van der Waals surface area (Å²) in [6, 6.07) is 43.5. The Morgan fingerprint density at radius 2 is 0.891 bits per heavy atom. The zero-order chi connectivity index (χ0) is 31.3. The molecule has 8 aromatic rings. The molecule has 6 heteroatoms. The Balaban J connectivity index is 1.24. The Morgan fingerprint density at radius 1 is 0.435 bits per heavy atom. The van der Waals surface area contributed by atoms with Gasteiger partial charge in [-0.25, -0.2) is 15.0 Å². The van der Waals surface area contributed by atoms with Crippen LogP contribution in [0.1, 0.15) is 0 Å². The highest BCUT2D eigenvalue weighted by Gasteiger charge is 2.18. The van der Waals surface area contributed by atoms with Gasteiger partial charge in [0.05, 0.1) is 8.07 Å². The molecule has 0 unspecified atom stereocenters. The van der Waals surface area contributed by atoms with Crippen molar-refractivity contribution in [2.24, 2.45) is 0 Å². The van der Waals surface area contributed by atoms with Crippen molar-refractivity contribution in [3.8, 4) is 56.4 Å². The highest BCUT2D eigenvalue weighted by Crippen LogP contribution is 2.35. The molecule has 0 radical (unpaired) electrons. The SMILES string of the molecule is C[Si](C)(C)c1ccc(-c2cccc(-c3cccc(-c4nc(-c5cccc6sccc56)nc(-c5cccc6sccc56)n4)c3)c2)cc1. The number of nitrogens with zero attached hydrogens (tertiary/aromatic N) is 3. The van der Waals surface area contributed by atoms with Crippen molar-refractivity contribution < 1.29 is 0 Å². The second-order valence-corrected chi connectivity index (χ2v) is 19.5. The first kappa shape index (κ1) is 28.7. The minimum atomic E-state index is -1.35. The van der Waals surface area contributed by atoms with Crippen molar-refractivity contribution in [1.29, 1.82) is 0 Å².